The summed E-state index contributed by atoms with van der Waals surface area (Å²) in [6.45, 7) is 10.0. The van der Waals surface area contributed by atoms with Crippen LogP contribution >= 0.6 is 0 Å². The third-order valence-electron chi connectivity index (χ3n) is 5.93. The van der Waals surface area contributed by atoms with Gasteiger partial charge in [-0.05, 0) is 77.7 Å². The van der Waals surface area contributed by atoms with Crippen molar-refractivity contribution in [2.24, 2.45) is 13.0 Å². The largest absolute Gasteiger partial charge is 0.353 e. The molecule has 128 valence electrons. The van der Waals surface area contributed by atoms with Crippen molar-refractivity contribution in [1.82, 2.24) is 14.4 Å². The number of carbonyl (C=O) groups excluding carboxylic acids is 1. The lowest BCUT2D eigenvalue weighted by Gasteiger charge is -2.38. The predicted molar refractivity (Wildman–Crippen MR) is 93.7 cm³/mol. The number of likely N-dealkylation sites (tertiary alicyclic amines) is 2. The summed E-state index contributed by atoms with van der Waals surface area (Å²) in [7, 11) is 2.05. The molecule has 0 spiro atoms. The van der Waals surface area contributed by atoms with Gasteiger partial charge in [0.15, 0.2) is 5.78 Å². The van der Waals surface area contributed by atoms with Crippen molar-refractivity contribution in [3.05, 3.63) is 23.5 Å². The van der Waals surface area contributed by atoms with Crippen molar-refractivity contribution in [3.63, 3.8) is 0 Å². The van der Waals surface area contributed by atoms with Gasteiger partial charge in [0.2, 0.25) is 0 Å². The molecule has 23 heavy (non-hydrogen) atoms. The summed E-state index contributed by atoms with van der Waals surface area (Å²) in [6, 6.07) is 2.81. The number of hydrogen-bond donors (Lipinski definition) is 0. The Labute approximate surface area is 140 Å². The molecule has 0 radical (unpaired) electrons. The molecule has 0 unspecified atom stereocenters. The Morgan fingerprint density at radius 3 is 2.43 bits per heavy atom. The number of Topliss-reactive ketones (excluding diaryl/α,β-unsaturated/α-hetero) is 1. The van der Waals surface area contributed by atoms with Gasteiger partial charge in [0, 0.05) is 37.1 Å². The molecule has 0 aromatic carbocycles. The molecule has 1 atom stereocenters. The number of aryl methyl sites for hydroxylation is 1. The Bertz CT molecular complexity index is 537. The van der Waals surface area contributed by atoms with E-state index in [1.807, 2.05) is 13.2 Å². The van der Waals surface area contributed by atoms with Crippen molar-refractivity contribution in [2.75, 3.05) is 26.2 Å². The van der Waals surface area contributed by atoms with E-state index in [0.717, 1.165) is 24.1 Å². The molecule has 2 aliphatic heterocycles. The van der Waals surface area contributed by atoms with Crippen LogP contribution in [0, 0.1) is 5.92 Å². The van der Waals surface area contributed by atoms with E-state index in [0.29, 0.717) is 0 Å². The van der Waals surface area contributed by atoms with Gasteiger partial charge < -0.3 is 9.47 Å². The van der Waals surface area contributed by atoms with E-state index in [4.69, 9.17) is 0 Å². The molecule has 0 aliphatic carbocycles. The second-order valence-electron chi connectivity index (χ2n) is 7.48. The minimum Gasteiger partial charge on any atom is -0.353 e. The van der Waals surface area contributed by atoms with Crippen molar-refractivity contribution >= 4 is 5.78 Å². The highest BCUT2D eigenvalue weighted by Crippen LogP contribution is 2.27. The van der Waals surface area contributed by atoms with E-state index >= 15 is 0 Å². The maximum atomic E-state index is 11.5. The minimum absolute atomic E-state index is 0.157. The molecule has 4 heteroatoms. The molecule has 0 bridgehead atoms. The predicted octanol–water partition coefficient (Wildman–Crippen LogP) is 2.92. The average molecular weight is 317 g/mol. The maximum Gasteiger partial charge on any atom is 0.161 e. The molecular weight excluding hydrogens is 286 g/mol. The van der Waals surface area contributed by atoms with Crippen molar-refractivity contribution in [3.8, 4) is 0 Å². The number of carbonyl (C=O) groups is 1. The summed E-state index contributed by atoms with van der Waals surface area (Å²) in [5.74, 6) is 1.01. The number of rotatable bonds is 5. The lowest BCUT2D eigenvalue weighted by Crippen LogP contribution is -2.43. The van der Waals surface area contributed by atoms with Gasteiger partial charge >= 0.3 is 0 Å². The van der Waals surface area contributed by atoms with E-state index in [1.165, 1.54) is 57.6 Å². The second-order valence-corrected chi connectivity index (χ2v) is 7.48. The molecule has 1 aromatic heterocycles. The highest BCUT2D eigenvalue weighted by Gasteiger charge is 2.29. The van der Waals surface area contributed by atoms with Crippen molar-refractivity contribution < 1.29 is 4.79 Å². The molecule has 2 fully saturated rings. The summed E-state index contributed by atoms with van der Waals surface area (Å²) in [5.41, 5.74) is 2.08. The molecule has 0 amide bonds. The van der Waals surface area contributed by atoms with Crippen LogP contribution in [-0.2, 0) is 13.6 Å². The Morgan fingerprint density at radius 1 is 1.22 bits per heavy atom. The molecular formula is C19H31N3O. The Kier molecular flexibility index (Phi) is 5.22. The van der Waals surface area contributed by atoms with Crippen LogP contribution in [0.15, 0.2) is 12.3 Å². The number of ketones is 1. The number of aromatic nitrogens is 1. The lowest BCUT2D eigenvalue weighted by molar-refractivity contribution is 0.101. The fourth-order valence-electron chi connectivity index (χ4n) is 4.23. The molecule has 4 nitrogen and oxygen atoms in total. The lowest BCUT2D eigenvalue weighted by atomic mass is 9.89. The first-order valence-electron chi connectivity index (χ1n) is 9.17. The Balaban J connectivity index is 1.52. The van der Waals surface area contributed by atoms with Gasteiger partial charge in [-0.15, -0.1) is 0 Å². The van der Waals surface area contributed by atoms with Gasteiger partial charge in [0.25, 0.3) is 0 Å². The minimum atomic E-state index is 0.157. The summed E-state index contributed by atoms with van der Waals surface area (Å²) in [5, 5.41) is 0. The molecule has 0 N–H and O–H groups in total. The van der Waals surface area contributed by atoms with Crippen molar-refractivity contribution in [2.45, 2.75) is 52.1 Å². The highest BCUT2D eigenvalue weighted by atomic mass is 16.1. The molecule has 0 saturated carbocycles. The van der Waals surface area contributed by atoms with Crippen LogP contribution in [0.4, 0.5) is 0 Å². The normalized spacial score (nSPS) is 22.6. The molecule has 1 aromatic rings. The van der Waals surface area contributed by atoms with Gasteiger partial charge in [0.05, 0.1) is 0 Å². The quantitative estimate of drug-likeness (QED) is 0.782. The van der Waals surface area contributed by atoms with Gasteiger partial charge in [-0.2, -0.15) is 0 Å². The molecule has 3 heterocycles. The maximum absolute atomic E-state index is 11.5. The van der Waals surface area contributed by atoms with E-state index in [1.54, 1.807) is 6.92 Å². The van der Waals surface area contributed by atoms with E-state index in [9.17, 15) is 4.79 Å². The van der Waals surface area contributed by atoms with Gasteiger partial charge in [-0.3, -0.25) is 9.69 Å². The zero-order chi connectivity index (χ0) is 16.4. The molecule has 3 rings (SSSR count). The first-order chi connectivity index (χ1) is 11.0. The third-order valence-corrected chi connectivity index (χ3v) is 5.93. The second kappa shape index (κ2) is 7.18. The standard InChI is InChI=1S/C19H31N3O/c1-15(22-8-4-5-9-22)17-6-10-21(11-7-17)14-19-12-18(16(2)23)13-20(19)3/h12-13,15,17H,4-11,14H2,1-3H3/t15-/m1/s1. The number of hydrogen-bond acceptors (Lipinski definition) is 3. The highest BCUT2D eigenvalue weighted by molar-refractivity contribution is 5.94. The molecule has 2 saturated heterocycles. The van der Waals surface area contributed by atoms with Crippen LogP contribution in [0.3, 0.4) is 0 Å². The van der Waals surface area contributed by atoms with Crippen molar-refractivity contribution in [1.29, 1.82) is 0 Å². The molecule has 2 aliphatic rings. The Morgan fingerprint density at radius 2 is 1.87 bits per heavy atom. The number of piperidine rings is 1. The first kappa shape index (κ1) is 16.7. The smallest absolute Gasteiger partial charge is 0.161 e. The summed E-state index contributed by atoms with van der Waals surface area (Å²) < 4.78 is 2.11. The van der Waals surface area contributed by atoms with Gasteiger partial charge in [0.1, 0.15) is 0 Å². The Hall–Kier alpha value is -1.13. The van der Waals surface area contributed by atoms with Crippen LogP contribution in [0.1, 0.15) is 55.6 Å². The van der Waals surface area contributed by atoms with E-state index in [2.05, 4.69) is 27.4 Å². The summed E-state index contributed by atoms with van der Waals surface area (Å²) in [4.78, 5) is 16.8. The van der Waals surface area contributed by atoms with E-state index < -0.39 is 0 Å². The SMILES string of the molecule is CC(=O)c1cc(CN2CCC([C@@H](C)N3CCCC3)CC2)n(C)c1. The fraction of sp³-hybridized carbons (Fsp3) is 0.737. The van der Waals surface area contributed by atoms with E-state index in [-0.39, 0.29) is 5.78 Å². The zero-order valence-corrected chi connectivity index (χ0v) is 14.9. The number of nitrogens with zero attached hydrogens (tertiary/aromatic N) is 3. The van der Waals surface area contributed by atoms with Crippen LogP contribution in [0.2, 0.25) is 0 Å². The third kappa shape index (κ3) is 3.86. The fourth-order valence-corrected chi connectivity index (χ4v) is 4.23. The van der Waals surface area contributed by atoms with Crippen LogP contribution in [-0.4, -0.2) is 52.4 Å². The zero-order valence-electron chi connectivity index (χ0n) is 14.9. The van der Waals surface area contributed by atoms with Crippen LogP contribution in [0.25, 0.3) is 0 Å². The van der Waals surface area contributed by atoms with Gasteiger partial charge in [-0.25, -0.2) is 0 Å². The topological polar surface area (TPSA) is 28.5 Å². The average Bonchev–Trinajstić information content (AvgIpc) is 3.18. The summed E-state index contributed by atoms with van der Waals surface area (Å²) >= 11 is 0. The van der Waals surface area contributed by atoms with Crippen LogP contribution < -0.4 is 0 Å². The monoisotopic (exact) mass is 317 g/mol. The first-order valence-corrected chi connectivity index (χ1v) is 9.17. The van der Waals surface area contributed by atoms with Gasteiger partial charge in [-0.1, -0.05) is 0 Å². The summed E-state index contributed by atoms with van der Waals surface area (Å²) in [6.07, 6.45) is 7.34. The van der Waals surface area contributed by atoms with Crippen LogP contribution in [0.5, 0.6) is 0 Å².